The molecule has 0 saturated heterocycles. The van der Waals surface area contributed by atoms with Gasteiger partial charge < -0.3 is 10.1 Å². The maximum Gasteiger partial charge on any atom is 0.267 e. The lowest BCUT2D eigenvalue weighted by molar-refractivity contribution is 0.475. The Morgan fingerprint density at radius 1 is 1.35 bits per heavy atom. The van der Waals surface area contributed by atoms with E-state index in [4.69, 9.17) is 12.2 Å². The largest absolute Gasteiger partial charge is 0.508 e. The molecule has 0 radical (unpaired) electrons. The smallest absolute Gasteiger partial charge is 0.267 e. The van der Waals surface area contributed by atoms with Gasteiger partial charge in [-0.25, -0.2) is 0 Å². The number of rotatable bonds is 1. The van der Waals surface area contributed by atoms with Crippen molar-refractivity contribution in [2.75, 3.05) is 0 Å². The number of fused-ring (bicyclic) bond motifs is 1. The Balaban J connectivity index is 2.46. The van der Waals surface area contributed by atoms with Gasteiger partial charge >= 0.3 is 0 Å². The fourth-order valence-corrected chi connectivity index (χ4v) is 3.60. The first-order valence-corrected chi connectivity index (χ1v) is 7.26. The maximum atomic E-state index is 12.7. The van der Waals surface area contributed by atoms with Crippen LogP contribution in [0.5, 0.6) is 5.75 Å². The van der Waals surface area contributed by atoms with Crippen molar-refractivity contribution in [3.05, 3.63) is 49.8 Å². The van der Waals surface area contributed by atoms with Crippen molar-refractivity contribution in [2.45, 2.75) is 13.8 Å². The summed E-state index contributed by atoms with van der Waals surface area (Å²) in [6.07, 6.45) is 0. The van der Waals surface area contributed by atoms with Gasteiger partial charge in [-0.3, -0.25) is 9.36 Å². The molecule has 0 aliphatic rings. The molecule has 4 nitrogen and oxygen atoms in total. The molecule has 0 spiro atoms. The summed E-state index contributed by atoms with van der Waals surface area (Å²) in [6.45, 7) is 3.91. The predicted octanol–water partition coefficient (Wildman–Crippen LogP) is 3.43. The number of aromatic amines is 1. The Kier molecular flexibility index (Phi) is 2.99. The molecule has 0 aliphatic carbocycles. The zero-order chi connectivity index (χ0) is 14.4. The average Bonchev–Trinajstić information content (AvgIpc) is 2.65. The quantitative estimate of drug-likeness (QED) is 0.677. The molecule has 0 fully saturated rings. The second-order valence-corrected chi connectivity index (χ2v) is 6.19. The van der Waals surface area contributed by atoms with Gasteiger partial charge in [0.05, 0.1) is 11.1 Å². The molecule has 2 N–H and O–H groups in total. The minimum absolute atomic E-state index is 0.0992. The monoisotopic (exact) mass is 304 g/mol. The van der Waals surface area contributed by atoms with E-state index in [-0.39, 0.29) is 11.3 Å². The van der Waals surface area contributed by atoms with Crippen LogP contribution in [0.3, 0.4) is 0 Å². The van der Waals surface area contributed by atoms with Gasteiger partial charge in [-0.2, -0.15) is 0 Å². The van der Waals surface area contributed by atoms with Crippen LogP contribution < -0.4 is 5.56 Å². The Morgan fingerprint density at radius 2 is 2.10 bits per heavy atom. The number of aryl methyl sites for hydroxylation is 2. The number of phenols is 1. The number of hydrogen-bond acceptors (Lipinski definition) is 4. The topological polar surface area (TPSA) is 58.0 Å². The van der Waals surface area contributed by atoms with Crippen LogP contribution in [0.15, 0.2) is 29.1 Å². The summed E-state index contributed by atoms with van der Waals surface area (Å²) in [5.74, 6) is 0.0992. The number of phenolic OH excluding ortho intramolecular Hbond substituents is 1. The van der Waals surface area contributed by atoms with E-state index in [9.17, 15) is 9.90 Å². The highest BCUT2D eigenvalue weighted by molar-refractivity contribution is 7.71. The normalized spacial score (nSPS) is 11.1. The molecule has 2 aromatic heterocycles. The lowest BCUT2D eigenvalue weighted by Crippen LogP contribution is -2.20. The molecular weight excluding hydrogens is 292 g/mol. The average molecular weight is 304 g/mol. The van der Waals surface area contributed by atoms with Crippen molar-refractivity contribution in [3.8, 4) is 11.4 Å². The van der Waals surface area contributed by atoms with Crippen LogP contribution in [0, 0.1) is 18.6 Å². The van der Waals surface area contributed by atoms with E-state index in [1.54, 1.807) is 18.2 Å². The van der Waals surface area contributed by atoms with Crippen LogP contribution in [0.25, 0.3) is 15.9 Å². The third-order valence-electron chi connectivity index (χ3n) is 3.31. The minimum atomic E-state index is -0.156. The van der Waals surface area contributed by atoms with E-state index in [0.29, 0.717) is 15.8 Å². The molecule has 3 rings (SSSR count). The first-order chi connectivity index (χ1) is 9.49. The zero-order valence-corrected chi connectivity index (χ0v) is 12.6. The third kappa shape index (κ3) is 1.88. The molecule has 102 valence electrons. The van der Waals surface area contributed by atoms with Crippen LogP contribution in [-0.4, -0.2) is 14.7 Å². The highest BCUT2D eigenvalue weighted by atomic mass is 32.1. The first kappa shape index (κ1) is 13.1. The van der Waals surface area contributed by atoms with Crippen LogP contribution in [0.4, 0.5) is 0 Å². The molecule has 0 bridgehead atoms. The third-order valence-corrected chi connectivity index (χ3v) is 4.72. The van der Waals surface area contributed by atoms with Gasteiger partial charge in [-0.15, -0.1) is 11.3 Å². The van der Waals surface area contributed by atoms with Gasteiger partial charge in [-0.05, 0) is 43.8 Å². The zero-order valence-electron chi connectivity index (χ0n) is 10.9. The number of hydrogen-bond donors (Lipinski definition) is 2. The van der Waals surface area contributed by atoms with Crippen molar-refractivity contribution in [3.63, 3.8) is 0 Å². The van der Waals surface area contributed by atoms with Gasteiger partial charge in [0.1, 0.15) is 10.6 Å². The van der Waals surface area contributed by atoms with E-state index < -0.39 is 0 Å². The number of aromatic nitrogens is 2. The second kappa shape index (κ2) is 4.57. The SMILES string of the molecule is Cc1sc2[nH]c(=S)n(-c3cccc(O)c3)c(=O)c2c1C. The number of H-pyrrole nitrogens is 1. The summed E-state index contributed by atoms with van der Waals surface area (Å²) >= 11 is 6.81. The summed E-state index contributed by atoms with van der Waals surface area (Å²) in [6, 6.07) is 6.50. The van der Waals surface area contributed by atoms with Gasteiger partial charge in [-0.1, -0.05) is 6.07 Å². The highest BCUT2D eigenvalue weighted by Crippen LogP contribution is 2.26. The van der Waals surface area contributed by atoms with Crippen molar-refractivity contribution in [1.29, 1.82) is 0 Å². The summed E-state index contributed by atoms with van der Waals surface area (Å²) in [7, 11) is 0. The number of benzene rings is 1. The number of thiophene rings is 1. The van der Waals surface area contributed by atoms with Gasteiger partial charge in [0.2, 0.25) is 0 Å². The Morgan fingerprint density at radius 3 is 2.80 bits per heavy atom. The van der Waals surface area contributed by atoms with Crippen molar-refractivity contribution in [2.24, 2.45) is 0 Å². The van der Waals surface area contributed by atoms with E-state index in [1.807, 2.05) is 13.8 Å². The van der Waals surface area contributed by atoms with E-state index >= 15 is 0 Å². The molecular formula is C14H12N2O2S2. The lowest BCUT2D eigenvalue weighted by atomic mass is 10.2. The van der Waals surface area contributed by atoms with Gasteiger partial charge in [0.15, 0.2) is 4.77 Å². The maximum absolute atomic E-state index is 12.7. The second-order valence-electron chi connectivity index (χ2n) is 4.58. The summed E-state index contributed by atoms with van der Waals surface area (Å²) in [5.41, 5.74) is 1.37. The minimum Gasteiger partial charge on any atom is -0.508 e. The molecule has 20 heavy (non-hydrogen) atoms. The highest BCUT2D eigenvalue weighted by Gasteiger charge is 2.13. The Bertz CT molecular complexity index is 934. The molecule has 6 heteroatoms. The number of nitrogens with one attached hydrogen (secondary N) is 1. The molecule has 0 atom stereocenters. The summed E-state index contributed by atoms with van der Waals surface area (Å²) in [4.78, 5) is 17.7. The van der Waals surface area contributed by atoms with Crippen LogP contribution >= 0.6 is 23.6 Å². The van der Waals surface area contributed by atoms with Gasteiger partial charge in [0, 0.05) is 10.9 Å². The standard InChI is InChI=1S/C14H12N2O2S2/c1-7-8(2)20-12-11(7)13(18)16(14(19)15-12)9-4-3-5-10(17)6-9/h3-6,17H,1-2H3,(H,15,19). The van der Waals surface area contributed by atoms with Crippen molar-refractivity contribution < 1.29 is 5.11 Å². The van der Waals surface area contributed by atoms with Crippen LogP contribution in [0.2, 0.25) is 0 Å². The van der Waals surface area contributed by atoms with E-state index in [1.165, 1.54) is 22.0 Å². The summed E-state index contributed by atoms with van der Waals surface area (Å²) in [5, 5.41) is 10.2. The fraction of sp³-hybridized carbons (Fsp3) is 0.143. The van der Waals surface area contributed by atoms with Crippen LogP contribution in [-0.2, 0) is 0 Å². The van der Waals surface area contributed by atoms with E-state index in [0.717, 1.165) is 15.3 Å². The van der Waals surface area contributed by atoms with Crippen molar-refractivity contribution >= 4 is 33.8 Å². The molecule has 0 unspecified atom stereocenters. The van der Waals surface area contributed by atoms with Crippen LogP contribution in [0.1, 0.15) is 10.4 Å². The molecule has 0 aliphatic heterocycles. The molecule has 0 saturated carbocycles. The lowest BCUT2D eigenvalue weighted by Gasteiger charge is -2.07. The molecule has 2 heterocycles. The fourth-order valence-electron chi connectivity index (χ4n) is 2.20. The van der Waals surface area contributed by atoms with E-state index in [2.05, 4.69) is 4.98 Å². The first-order valence-electron chi connectivity index (χ1n) is 6.03. The molecule has 1 aromatic carbocycles. The van der Waals surface area contributed by atoms with Gasteiger partial charge in [0.25, 0.3) is 5.56 Å². The Hall–Kier alpha value is -1.92. The van der Waals surface area contributed by atoms with Crippen molar-refractivity contribution in [1.82, 2.24) is 9.55 Å². The number of nitrogens with zero attached hydrogens (tertiary/aromatic N) is 1. The molecule has 3 aromatic rings. The molecule has 0 amide bonds. The summed E-state index contributed by atoms with van der Waals surface area (Å²) < 4.78 is 1.74. The Labute approximate surface area is 124 Å². The predicted molar refractivity (Wildman–Crippen MR) is 83.7 cm³/mol. The number of aromatic hydroxyl groups is 1.